The van der Waals surface area contributed by atoms with Crippen LogP contribution in [0.2, 0.25) is 0 Å². The van der Waals surface area contributed by atoms with Gasteiger partial charge in [-0.05, 0) is 56.0 Å². The van der Waals surface area contributed by atoms with Crippen LogP contribution in [-0.4, -0.2) is 46.9 Å². The van der Waals surface area contributed by atoms with Gasteiger partial charge in [0, 0.05) is 35.8 Å². The molecule has 2 aliphatic rings. The van der Waals surface area contributed by atoms with E-state index in [0.29, 0.717) is 30.5 Å². The van der Waals surface area contributed by atoms with Gasteiger partial charge in [-0.1, -0.05) is 18.6 Å². The lowest BCUT2D eigenvalue weighted by atomic mass is 10.1. The minimum Gasteiger partial charge on any atom is -0.322 e. The van der Waals surface area contributed by atoms with E-state index in [4.69, 9.17) is 0 Å². The van der Waals surface area contributed by atoms with Crippen molar-refractivity contribution in [2.24, 2.45) is 0 Å². The molecule has 0 atom stereocenters. The Morgan fingerprint density at radius 2 is 1.88 bits per heavy atom. The predicted octanol–water partition coefficient (Wildman–Crippen LogP) is 3.92. The van der Waals surface area contributed by atoms with E-state index < -0.39 is 26.6 Å². The van der Waals surface area contributed by atoms with Crippen molar-refractivity contribution >= 4 is 21.6 Å². The van der Waals surface area contributed by atoms with Crippen LogP contribution < -0.4 is 5.32 Å². The molecule has 1 aliphatic heterocycles. The van der Waals surface area contributed by atoms with Gasteiger partial charge >= 0.3 is 0 Å². The number of hydrogen-bond acceptors (Lipinski definition) is 5. The van der Waals surface area contributed by atoms with Crippen molar-refractivity contribution in [1.82, 2.24) is 19.5 Å². The first-order valence-corrected chi connectivity index (χ1v) is 12.5. The van der Waals surface area contributed by atoms with Crippen molar-refractivity contribution in [2.45, 2.75) is 42.9 Å². The van der Waals surface area contributed by atoms with Crippen LogP contribution in [0.15, 0.2) is 47.4 Å². The van der Waals surface area contributed by atoms with Crippen molar-refractivity contribution in [3.63, 3.8) is 0 Å². The largest absolute Gasteiger partial charge is 0.322 e. The first kappa shape index (κ1) is 21.7. The van der Waals surface area contributed by atoms with Crippen LogP contribution in [0.4, 0.5) is 10.1 Å². The maximum Gasteiger partial charge on any atom is 0.255 e. The number of amides is 1. The molecule has 1 amide bonds. The highest BCUT2D eigenvalue weighted by Gasteiger charge is 2.30. The van der Waals surface area contributed by atoms with Gasteiger partial charge in [-0.2, -0.15) is 9.40 Å². The van der Waals surface area contributed by atoms with Gasteiger partial charge in [-0.3, -0.25) is 9.89 Å². The molecule has 5 rings (SSSR count). The highest BCUT2D eigenvalue weighted by molar-refractivity contribution is 7.89. The highest BCUT2D eigenvalue weighted by atomic mass is 32.2. The van der Waals surface area contributed by atoms with E-state index in [0.717, 1.165) is 55.6 Å². The van der Waals surface area contributed by atoms with Gasteiger partial charge in [0.05, 0.1) is 0 Å². The van der Waals surface area contributed by atoms with E-state index in [-0.39, 0.29) is 5.56 Å². The smallest absolute Gasteiger partial charge is 0.255 e. The number of halogens is 1. The van der Waals surface area contributed by atoms with Gasteiger partial charge in [0.1, 0.15) is 16.5 Å². The zero-order valence-corrected chi connectivity index (χ0v) is 18.7. The second-order valence-corrected chi connectivity index (χ2v) is 10.4. The average molecular weight is 470 g/mol. The molecule has 0 bridgehead atoms. The second kappa shape index (κ2) is 8.68. The summed E-state index contributed by atoms with van der Waals surface area (Å²) >= 11 is 0. The zero-order chi connectivity index (χ0) is 23.0. The number of benzene rings is 2. The maximum absolute atomic E-state index is 14.5. The SMILES string of the molecule is O=C(Nc1cccc(-c2n[nH]c(C3CC3)n2)c1)c1ccc(F)c(S(=O)(=O)N2CCCCC2)c1. The van der Waals surface area contributed by atoms with Gasteiger partial charge in [0.15, 0.2) is 5.82 Å². The summed E-state index contributed by atoms with van der Waals surface area (Å²) in [5, 5.41) is 9.97. The molecule has 0 radical (unpaired) electrons. The molecule has 10 heteroatoms. The van der Waals surface area contributed by atoms with E-state index in [1.54, 1.807) is 18.2 Å². The number of carbonyl (C=O) groups is 1. The number of nitrogens with one attached hydrogen (secondary N) is 2. The van der Waals surface area contributed by atoms with Crippen LogP contribution in [0, 0.1) is 5.82 Å². The summed E-state index contributed by atoms with van der Waals surface area (Å²) in [4.78, 5) is 16.9. The Balaban J connectivity index is 1.36. The van der Waals surface area contributed by atoms with Crippen molar-refractivity contribution in [1.29, 1.82) is 0 Å². The van der Waals surface area contributed by atoms with E-state index >= 15 is 0 Å². The van der Waals surface area contributed by atoms with Gasteiger partial charge in [-0.15, -0.1) is 0 Å². The van der Waals surface area contributed by atoms with Gasteiger partial charge in [-0.25, -0.2) is 17.8 Å². The number of sulfonamides is 1. The lowest BCUT2D eigenvalue weighted by Crippen LogP contribution is -2.36. The number of carbonyl (C=O) groups excluding carboxylic acids is 1. The first-order chi connectivity index (χ1) is 15.9. The fraction of sp³-hybridized carbons (Fsp3) is 0.348. The molecule has 0 spiro atoms. The van der Waals surface area contributed by atoms with Crippen molar-refractivity contribution in [2.75, 3.05) is 18.4 Å². The number of aromatic amines is 1. The lowest BCUT2D eigenvalue weighted by Gasteiger charge is -2.26. The minimum absolute atomic E-state index is 0.0614. The van der Waals surface area contributed by atoms with E-state index in [9.17, 15) is 17.6 Å². The fourth-order valence-corrected chi connectivity index (χ4v) is 5.58. The fourth-order valence-electron chi connectivity index (χ4n) is 3.97. The summed E-state index contributed by atoms with van der Waals surface area (Å²) in [5.74, 6) is 0.465. The molecule has 2 N–H and O–H groups in total. The molecule has 1 saturated carbocycles. The number of H-pyrrole nitrogens is 1. The van der Waals surface area contributed by atoms with Crippen LogP contribution >= 0.6 is 0 Å². The monoisotopic (exact) mass is 469 g/mol. The Morgan fingerprint density at radius 1 is 1.09 bits per heavy atom. The van der Waals surface area contributed by atoms with Crippen molar-refractivity contribution in [3.8, 4) is 11.4 Å². The Bertz CT molecular complexity index is 1300. The molecule has 2 heterocycles. The van der Waals surface area contributed by atoms with Crippen LogP contribution in [0.1, 0.15) is 54.2 Å². The Labute approximate surface area is 191 Å². The third-order valence-electron chi connectivity index (χ3n) is 5.97. The number of aromatic nitrogens is 3. The van der Waals surface area contributed by atoms with Crippen LogP contribution in [0.25, 0.3) is 11.4 Å². The zero-order valence-electron chi connectivity index (χ0n) is 17.9. The average Bonchev–Trinajstić information content (AvgIpc) is 3.56. The molecule has 3 aromatic rings. The summed E-state index contributed by atoms with van der Waals surface area (Å²) in [6, 6.07) is 10.5. The van der Waals surface area contributed by atoms with Crippen LogP contribution in [-0.2, 0) is 10.0 Å². The maximum atomic E-state index is 14.5. The standard InChI is InChI=1S/C23H24FN5O3S/c24-19-10-9-17(14-20(19)33(31,32)29-11-2-1-3-12-29)23(30)25-18-6-4-5-16(13-18)22-26-21(27-28-22)15-7-8-15/h4-6,9-10,13-15H,1-3,7-8,11-12H2,(H,25,30)(H,26,27,28). The van der Waals surface area contributed by atoms with E-state index in [1.165, 1.54) is 10.4 Å². The minimum atomic E-state index is -4.01. The highest BCUT2D eigenvalue weighted by Crippen LogP contribution is 2.38. The molecule has 8 nitrogen and oxygen atoms in total. The molecule has 1 saturated heterocycles. The van der Waals surface area contributed by atoms with Crippen molar-refractivity contribution in [3.05, 3.63) is 59.7 Å². The molecule has 2 fully saturated rings. The summed E-state index contributed by atoms with van der Waals surface area (Å²) in [7, 11) is -4.01. The molecule has 2 aromatic carbocycles. The number of piperidine rings is 1. The Morgan fingerprint density at radius 3 is 2.64 bits per heavy atom. The predicted molar refractivity (Wildman–Crippen MR) is 121 cm³/mol. The number of rotatable bonds is 6. The third kappa shape index (κ3) is 4.53. The normalized spacial score (nSPS) is 17.1. The van der Waals surface area contributed by atoms with Gasteiger partial charge in [0.25, 0.3) is 5.91 Å². The quantitative estimate of drug-likeness (QED) is 0.569. The Kier molecular flexibility index (Phi) is 5.71. The molecule has 172 valence electrons. The molecular formula is C23H24FN5O3S. The molecule has 1 aliphatic carbocycles. The topological polar surface area (TPSA) is 108 Å². The number of hydrogen-bond donors (Lipinski definition) is 2. The number of anilines is 1. The lowest BCUT2D eigenvalue weighted by molar-refractivity contribution is 0.102. The summed E-state index contributed by atoms with van der Waals surface area (Å²) in [6.07, 6.45) is 4.65. The second-order valence-electron chi connectivity index (χ2n) is 8.46. The molecular weight excluding hydrogens is 445 g/mol. The number of nitrogens with zero attached hydrogens (tertiary/aromatic N) is 3. The summed E-state index contributed by atoms with van der Waals surface area (Å²) in [6.45, 7) is 0.712. The van der Waals surface area contributed by atoms with Gasteiger partial charge < -0.3 is 5.32 Å². The molecule has 0 unspecified atom stereocenters. The molecule has 33 heavy (non-hydrogen) atoms. The van der Waals surface area contributed by atoms with Crippen molar-refractivity contribution < 1.29 is 17.6 Å². The summed E-state index contributed by atoms with van der Waals surface area (Å²) < 4.78 is 41.6. The Hall–Kier alpha value is -3.11. The van der Waals surface area contributed by atoms with E-state index in [1.807, 2.05) is 6.07 Å². The molecule has 1 aromatic heterocycles. The van der Waals surface area contributed by atoms with Crippen LogP contribution in [0.3, 0.4) is 0 Å². The van der Waals surface area contributed by atoms with Gasteiger partial charge in [0.2, 0.25) is 10.0 Å². The van der Waals surface area contributed by atoms with E-state index in [2.05, 4.69) is 20.5 Å². The summed E-state index contributed by atoms with van der Waals surface area (Å²) in [5.41, 5.74) is 1.30. The third-order valence-corrected chi connectivity index (χ3v) is 7.89. The first-order valence-electron chi connectivity index (χ1n) is 11.1. The van der Waals surface area contributed by atoms with Crippen LogP contribution in [0.5, 0.6) is 0 Å².